The van der Waals surface area contributed by atoms with Crippen molar-refractivity contribution in [1.82, 2.24) is 0 Å². The number of ether oxygens (including phenoxy) is 1. The number of hydrogen-bond donors (Lipinski definition) is 2. The first-order chi connectivity index (χ1) is 8.40. The van der Waals surface area contributed by atoms with Crippen LogP contribution in [0.25, 0.3) is 0 Å². The van der Waals surface area contributed by atoms with Gasteiger partial charge in [-0.15, -0.1) is 0 Å². The van der Waals surface area contributed by atoms with Gasteiger partial charge in [-0.3, -0.25) is 4.99 Å². The standard InChI is InChI=1S/C11H12F3N3O/c12-8-2-1-6(15)3-7(8)10-11(13,14)5-18-4-9(16)17-10/h1-3,10H,4-5,15H2,(H2,16,17). The van der Waals surface area contributed by atoms with Crippen molar-refractivity contribution in [1.29, 1.82) is 0 Å². The first kappa shape index (κ1) is 12.7. The van der Waals surface area contributed by atoms with Crippen LogP contribution >= 0.6 is 0 Å². The van der Waals surface area contributed by atoms with Gasteiger partial charge in [0, 0.05) is 11.3 Å². The van der Waals surface area contributed by atoms with Crippen molar-refractivity contribution >= 4 is 11.5 Å². The Kier molecular flexibility index (Phi) is 3.16. The van der Waals surface area contributed by atoms with Gasteiger partial charge in [0.15, 0.2) is 0 Å². The minimum absolute atomic E-state index is 0.0981. The minimum Gasteiger partial charge on any atom is -0.399 e. The normalized spacial score (nSPS) is 23.3. The summed E-state index contributed by atoms with van der Waals surface area (Å²) in [5, 5.41) is 0. The number of rotatable bonds is 1. The molecule has 7 heteroatoms. The van der Waals surface area contributed by atoms with Crippen LogP contribution in [0.5, 0.6) is 0 Å². The number of nitrogens with zero attached hydrogens (tertiary/aromatic N) is 1. The number of amidine groups is 1. The smallest absolute Gasteiger partial charge is 0.297 e. The number of alkyl halides is 2. The maximum Gasteiger partial charge on any atom is 0.297 e. The molecule has 18 heavy (non-hydrogen) atoms. The highest BCUT2D eigenvalue weighted by Gasteiger charge is 2.44. The van der Waals surface area contributed by atoms with E-state index in [4.69, 9.17) is 11.5 Å². The van der Waals surface area contributed by atoms with Gasteiger partial charge in [-0.25, -0.2) is 13.2 Å². The zero-order chi connectivity index (χ0) is 13.3. The monoisotopic (exact) mass is 259 g/mol. The summed E-state index contributed by atoms with van der Waals surface area (Å²) in [4.78, 5) is 3.62. The van der Waals surface area contributed by atoms with Crippen molar-refractivity contribution in [3.8, 4) is 0 Å². The molecular formula is C11H12F3N3O. The Bertz CT molecular complexity index is 490. The summed E-state index contributed by atoms with van der Waals surface area (Å²) < 4.78 is 45.9. The number of anilines is 1. The molecule has 1 heterocycles. The molecular weight excluding hydrogens is 247 g/mol. The Morgan fingerprint density at radius 1 is 1.33 bits per heavy atom. The zero-order valence-electron chi connectivity index (χ0n) is 9.37. The van der Waals surface area contributed by atoms with Crippen LogP contribution in [-0.2, 0) is 4.74 Å². The van der Waals surface area contributed by atoms with Crippen LogP contribution in [0.2, 0.25) is 0 Å². The molecule has 0 amide bonds. The number of aliphatic imine (C=N–C) groups is 1. The predicted molar refractivity (Wildman–Crippen MR) is 60.9 cm³/mol. The van der Waals surface area contributed by atoms with Gasteiger partial charge in [0.25, 0.3) is 5.92 Å². The molecule has 1 aliphatic heterocycles. The summed E-state index contributed by atoms with van der Waals surface area (Å²) in [6.45, 7) is -1.06. The molecule has 0 saturated heterocycles. The second-order valence-electron chi connectivity index (χ2n) is 4.06. The second-order valence-corrected chi connectivity index (χ2v) is 4.06. The van der Waals surface area contributed by atoms with Crippen LogP contribution in [0, 0.1) is 5.82 Å². The highest BCUT2D eigenvalue weighted by Crippen LogP contribution is 2.38. The quantitative estimate of drug-likeness (QED) is 0.750. The lowest BCUT2D eigenvalue weighted by atomic mass is 10.0. The third-order valence-corrected chi connectivity index (χ3v) is 2.55. The van der Waals surface area contributed by atoms with Gasteiger partial charge in [0.2, 0.25) is 0 Å². The van der Waals surface area contributed by atoms with Gasteiger partial charge in [-0.2, -0.15) is 0 Å². The molecule has 1 atom stereocenters. The van der Waals surface area contributed by atoms with Crippen LogP contribution in [0.4, 0.5) is 18.9 Å². The maximum absolute atomic E-state index is 13.8. The highest BCUT2D eigenvalue weighted by molar-refractivity contribution is 5.82. The first-order valence-corrected chi connectivity index (χ1v) is 5.23. The summed E-state index contributed by atoms with van der Waals surface area (Å²) in [5.41, 5.74) is 10.8. The van der Waals surface area contributed by atoms with Crippen LogP contribution in [0.15, 0.2) is 23.2 Å². The minimum atomic E-state index is -3.34. The molecule has 1 unspecified atom stereocenters. The molecule has 0 aliphatic carbocycles. The van der Waals surface area contributed by atoms with E-state index in [2.05, 4.69) is 9.73 Å². The van der Waals surface area contributed by atoms with Crippen molar-refractivity contribution in [3.05, 3.63) is 29.6 Å². The number of benzene rings is 1. The van der Waals surface area contributed by atoms with E-state index in [0.717, 1.165) is 12.1 Å². The van der Waals surface area contributed by atoms with E-state index in [0.29, 0.717) is 0 Å². The van der Waals surface area contributed by atoms with E-state index in [1.54, 1.807) is 0 Å². The van der Waals surface area contributed by atoms with Crippen molar-refractivity contribution in [2.24, 2.45) is 10.7 Å². The number of nitrogens with two attached hydrogens (primary N) is 2. The molecule has 1 aliphatic rings. The summed E-state index contributed by atoms with van der Waals surface area (Å²) in [7, 11) is 0. The Morgan fingerprint density at radius 3 is 2.78 bits per heavy atom. The molecule has 0 spiro atoms. The van der Waals surface area contributed by atoms with Gasteiger partial charge in [-0.1, -0.05) is 0 Å². The molecule has 4 N–H and O–H groups in total. The van der Waals surface area contributed by atoms with Crippen LogP contribution < -0.4 is 11.5 Å². The van der Waals surface area contributed by atoms with Crippen LogP contribution in [-0.4, -0.2) is 25.0 Å². The van der Waals surface area contributed by atoms with E-state index in [1.165, 1.54) is 6.07 Å². The Balaban J connectivity index is 2.51. The average molecular weight is 259 g/mol. The van der Waals surface area contributed by atoms with Crippen molar-refractivity contribution in [3.63, 3.8) is 0 Å². The Morgan fingerprint density at radius 2 is 2.06 bits per heavy atom. The van der Waals surface area contributed by atoms with Gasteiger partial charge in [0.05, 0.1) is 0 Å². The van der Waals surface area contributed by atoms with Gasteiger partial charge < -0.3 is 16.2 Å². The van der Waals surface area contributed by atoms with Crippen LogP contribution in [0.1, 0.15) is 11.6 Å². The lowest BCUT2D eigenvalue weighted by molar-refractivity contribution is -0.0831. The molecule has 2 rings (SSSR count). The summed E-state index contributed by atoms with van der Waals surface area (Å²) >= 11 is 0. The fraction of sp³-hybridized carbons (Fsp3) is 0.364. The molecule has 1 aromatic carbocycles. The molecule has 98 valence electrons. The zero-order valence-corrected chi connectivity index (χ0v) is 9.37. The van der Waals surface area contributed by atoms with Gasteiger partial charge >= 0.3 is 0 Å². The Hall–Kier alpha value is -1.76. The average Bonchev–Trinajstić information content (AvgIpc) is 2.41. The number of halogens is 3. The van der Waals surface area contributed by atoms with E-state index in [1.807, 2.05) is 0 Å². The molecule has 1 aromatic rings. The third-order valence-electron chi connectivity index (χ3n) is 2.55. The number of hydrogen-bond acceptors (Lipinski definition) is 4. The molecule has 4 nitrogen and oxygen atoms in total. The number of nitrogen functional groups attached to an aromatic ring is 1. The van der Waals surface area contributed by atoms with E-state index in [-0.39, 0.29) is 23.7 Å². The fourth-order valence-corrected chi connectivity index (χ4v) is 1.74. The van der Waals surface area contributed by atoms with Gasteiger partial charge in [0.1, 0.15) is 30.9 Å². The van der Waals surface area contributed by atoms with E-state index >= 15 is 0 Å². The third kappa shape index (κ3) is 2.40. The van der Waals surface area contributed by atoms with E-state index in [9.17, 15) is 13.2 Å². The summed E-state index contributed by atoms with van der Waals surface area (Å²) in [6.07, 6.45) is 0. The van der Waals surface area contributed by atoms with Crippen molar-refractivity contribution in [2.45, 2.75) is 12.0 Å². The summed E-state index contributed by atoms with van der Waals surface area (Å²) in [5.74, 6) is -4.23. The SMILES string of the molecule is NC1=NC(c2cc(N)ccc2F)C(F)(F)COC1. The molecule has 0 radical (unpaired) electrons. The largest absolute Gasteiger partial charge is 0.399 e. The van der Waals surface area contributed by atoms with Gasteiger partial charge in [-0.05, 0) is 18.2 Å². The molecule has 0 saturated carbocycles. The highest BCUT2D eigenvalue weighted by atomic mass is 19.3. The first-order valence-electron chi connectivity index (χ1n) is 5.23. The fourth-order valence-electron chi connectivity index (χ4n) is 1.74. The molecule has 0 aromatic heterocycles. The predicted octanol–water partition coefficient (Wildman–Crippen LogP) is 1.47. The molecule has 0 fully saturated rings. The van der Waals surface area contributed by atoms with Crippen LogP contribution in [0.3, 0.4) is 0 Å². The topological polar surface area (TPSA) is 73.6 Å². The summed E-state index contributed by atoms with van der Waals surface area (Å²) in [6, 6.07) is 1.73. The maximum atomic E-state index is 13.8. The molecule has 0 bridgehead atoms. The lowest BCUT2D eigenvalue weighted by Crippen LogP contribution is -2.30. The van der Waals surface area contributed by atoms with Crippen molar-refractivity contribution in [2.75, 3.05) is 18.9 Å². The van der Waals surface area contributed by atoms with E-state index < -0.39 is 24.4 Å². The lowest BCUT2D eigenvalue weighted by Gasteiger charge is -2.22. The van der Waals surface area contributed by atoms with Crippen molar-refractivity contribution < 1.29 is 17.9 Å². The Labute approximate surface area is 101 Å². The second kappa shape index (κ2) is 4.49.